The number of nitriles is 1. The van der Waals surface area contributed by atoms with Gasteiger partial charge < -0.3 is 4.74 Å². The lowest BCUT2D eigenvalue weighted by Gasteiger charge is -2.33. The summed E-state index contributed by atoms with van der Waals surface area (Å²) in [5.74, 6) is 0.640. The molecule has 0 spiro atoms. The van der Waals surface area contributed by atoms with Crippen LogP contribution in [0.5, 0.6) is 5.75 Å². The Bertz CT molecular complexity index is 984. The van der Waals surface area contributed by atoms with Gasteiger partial charge in [0.2, 0.25) is 10.0 Å². The highest BCUT2D eigenvalue weighted by Gasteiger charge is 2.28. The molecule has 0 saturated carbocycles. The van der Waals surface area contributed by atoms with Crippen molar-refractivity contribution in [1.29, 1.82) is 5.26 Å². The Morgan fingerprint density at radius 1 is 1.04 bits per heavy atom. The van der Waals surface area contributed by atoms with E-state index >= 15 is 0 Å². The number of rotatable bonds is 6. The van der Waals surface area contributed by atoms with Crippen molar-refractivity contribution in [1.82, 2.24) is 9.21 Å². The van der Waals surface area contributed by atoms with Crippen LogP contribution in [-0.2, 0) is 10.0 Å². The topological polar surface area (TPSA) is 73.6 Å². The molecule has 0 atom stereocenters. The number of piperazine rings is 1. The monoisotopic (exact) mass is 439 g/mol. The molecule has 1 fully saturated rings. The lowest BCUT2D eigenvalue weighted by molar-refractivity contribution is 0.159. The molecule has 0 aromatic heterocycles. The van der Waals surface area contributed by atoms with Crippen molar-refractivity contribution >= 4 is 33.2 Å². The van der Waals surface area contributed by atoms with Crippen molar-refractivity contribution in [2.45, 2.75) is 4.90 Å². The van der Waals surface area contributed by atoms with Crippen LogP contribution in [0.15, 0.2) is 47.4 Å². The summed E-state index contributed by atoms with van der Waals surface area (Å²) in [6.45, 7) is 3.10. The van der Waals surface area contributed by atoms with Crippen LogP contribution >= 0.6 is 23.2 Å². The number of benzene rings is 2. The first-order valence-corrected chi connectivity index (χ1v) is 10.9. The highest BCUT2D eigenvalue weighted by Crippen LogP contribution is 2.24. The molecule has 0 N–H and O–H groups in total. The molecule has 0 radical (unpaired) electrons. The van der Waals surface area contributed by atoms with E-state index < -0.39 is 10.0 Å². The van der Waals surface area contributed by atoms with E-state index in [0.29, 0.717) is 50.1 Å². The zero-order chi connectivity index (χ0) is 20.1. The van der Waals surface area contributed by atoms with E-state index in [1.54, 1.807) is 6.07 Å². The summed E-state index contributed by atoms with van der Waals surface area (Å²) < 4.78 is 32.8. The summed E-state index contributed by atoms with van der Waals surface area (Å²) in [5, 5.41) is 9.87. The van der Waals surface area contributed by atoms with Gasteiger partial charge in [-0.15, -0.1) is 0 Å². The number of nitrogens with zero attached hydrogens (tertiary/aromatic N) is 3. The van der Waals surface area contributed by atoms with Crippen molar-refractivity contribution in [3.8, 4) is 11.8 Å². The first-order valence-electron chi connectivity index (χ1n) is 8.71. The molecule has 2 aromatic rings. The van der Waals surface area contributed by atoms with E-state index in [1.165, 1.54) is 22.5 Å². The van der Waals surface area contributed by atoms with Crippen molar-refractivity contribution in [2.24, 2.45) is 0 Å². The number of sulfonamides is 1. The number of para-hydroxylation sites is 1. The first-order chi connectivity index (χ1) is 13.4. The molecule has 148 valence electrons. The molecular formula is C19H19Cl2N3O3S. The largest absolute Gasteiger partial charge is 0.491 e. The van der Waals surface area contributed by atoms with Gasteiger partial charge in [-0.3, -0.25) is 4.90 Å². The van der Waals surface area contributed by atoms with Gasteiger partial charge in [0.1, 0.15) is 18.4 Å². The molecule has 3 rings (SSSR count). The molecule has 6 nitrogen and oxygen atoms in total. The van der Waals surface area contributed by atoms with Gasteiger partial charge in [-0.25, -0.2) is 8.42 Å². The maximum absolute atomic E-state index is 12.8. The van der Waals surface area contributed by atoms with Gasteiger partial charge in [-0.2, -0.15) is 9.57 Å². The predicted molar refractivity (Wildman–Crippen MR) is 108 cm³/mol. The van der Waals surface area contributed by atoms with Crippen molar-refractivity contribution in [3.05, 3.63) is 58.1 Å². The third-order valence-corrected chi connectivity index (χ3v) is 7.07. The van der Waals surface area contributed by atoms with E-state index in [2.05, 4.69) is 4.90 Å². The molecule has 9 heteroatoms. The summed E-state index contributed by atoms with van der Waals surface area (Å²) in [5.41, 5.74) is 0.151. The van der Waals surface area contributed by atoms with Crippen molar-refractivity contribution in [3.63, 3.8) is 0 Å². The second kappa shape index (κ2) is 9.12. The van der Waals surface area contributed by atoms with Crippen LogP contribution in [0.3, 0.4) is 0 Å². The van der Waals surface area contributed by atoms with Gasteiger partial charge in [0, 0.05) is 32.7 Å². The number of ether oxygens (including phenoxy) is 1. The SMILES string of the molecule is N#Cc1cc(S(=O)(=O)N2CCN(CCOc3ccccc3Cl)CC2)ccc1Cl. The Morgan fingerprint density at radius 3 is 2.43 bits per heavy atom. The minimum absolute atomic E-state index is 0.0870. The minimum atomic E-state index is -3.66. The van der Waals surface area contributed by atoms with Gasteiger partial charge in [0.25, 0.3) is 0 Å². The maximum Gasteiger partial charge on any atom is 0.243 e. The van der Waals surface area contributed by atoms with Crippen LogP contribution in [0.4, 0.5) is 0 Å². The average Bonchev–Trinajstić information content (AvgIpc) is 2.70. The highest BCUT2D eigenvalue weighted by molar-refractivity contribution is 7.89. The predicted octanol–water partition coefficient (Wildman–Crippen LogP) is 3.25. The molecule has 0 amide bonds. The molecule has 1 aliphatic heterocycles. The normalized spacial score (nSPS) is 15.9. The fourth-order valence-corrected chi connectivity index (χ4v) is 4.74. The fourth-order valence-electron chi connectivity index (χ4n) is 2.94. The summed E-state index contributed by atoms with van der Waals surface area (Å²) >= 11 is 12.0. The molecule has 0 aliphatic carbocycles. The molecule has 0 bridgehead atoms. The Kier molecular flexibility index (Phi) is 6.81. The van der Waals surface area contributed by atoms with Crippen LogP contribution in [-0.4, -0.2) is 57.0 Å². The average molecular weight is 440 g/mol. The third kappa shape index (κ3) is 4.77. The second-order valence-electron chi connectivity index (χ2n) is 6.28. The van der Waals surface area contributed by atoms with Crippen LogP contribution in [0.1, 0.15) is 5.56 Å². The van der Waals surface area contributed by atoms with Crippen molar-refractivity contribution in [2.75, 3.05) is 39.3 Å². The Balaban J connectivity index is 1.54. The first kappa shape index (κ1) is 20.9. The maximum atomic E-state index is 12.8. The zero-order valence-electron chi connectivity index (χ0n) is 15.0. The molecule has 1 saturated heterocycles. The van der Waals surface area contributed by atoms with Crippen molar-refractivity contribution < 1.29 is 13.2 Å². The second-order valence-corrected chi connectivity index (χ2v) is 9.03. The molecule has 1 aliphatic rings. The standard InChI is InChI=1S/C19H19Cl2N3O3S/c20-17-6-5-16(13-15(17)14-22)28(25,26)24-9-7-23(8-10-24)11-12-27-19-4-2-1-3-18(19)21/h1-6,13H,7-12H2. The van der Waals surface area contributed by atoms with Crippen LogP contribution in [0, 0.1) is 11.3 Å². The van der Waals surface area contributed by atoms with Gasteiger partial charge in [0.05, 0.1) is 20.5 Å². The van der Waals surface area contributed by atoms with Gasteiger partial charge in [0.15, 0.2) is 0 Å². The van der Waals surface area contributed by atoms with E-state index in [-0.39, 0.29) is 15.5 Å². The summed E-state index contributed by atoms with van der Waals surface area (Å²) in [6, 6.07) is 13.4. The van der Waals surface area contributed by atoms with Crippen LogP contribution < -0.4 is 4.74 Å². The zero-order valence-corrected chi connectivity index (χ0v) is 17.3. The number of hydrogen-bond donors (Lipinski definition) is 0. The van der Waals surface area contributed by atoms with Gasteiger partial charge in [-0.1, -0.05) is 35.3 Å². The Hall–Kier alpha value is -1.82. The summed E-state index contributed by atoms with van der Waals surface area (Å²) in [7, 11) is -3.66. The molecular weight excluding hydrogens is 421 g/mol. The third-order valence-electron chi connectivity index (χ3n) is 4.53. The highest BCUT2D eigenvalue weighted by atomic mass is 35.5. The van der Waals surface area contributed by atoms with Crippen LogP contribution in [0.25, 0.3) is 0 Å². The fraction of sp³-hybridized carbons (Fsp3) is 0.316. The summed E-state index contributed by atoms with van der Waals surface area (Å²) in [6.07, 6.45) is 0. The lowest BCUT2D eigenvalue weighted by Crippen LogP contribution is -2.49. The molecule has 28 heavy (non-hydrogen) atoms. The molecule has 1 heterocycles. The Labute approximate surface area is 174 Å². The number of hydrogen-bond acceptors (Lipinski definition) is 5. The molecule has 0 unspecified atom stereocenters. The lowest BCUT2D eigenvalue weighted by atomic mass is 10.2. The quantitative estimate of drug-likeness (QED) is 0.690. The minimum Gasteiger partial charge on any atom is -0.491 e. The Morgan fingerprint density at radius 2 is 1.75 bits per heavy atom. The van der Waals surface area contributed by atoms with E-state index in [1.807, 2.05) is 24.3 Å². The smallest absolute Gasteiger partial charge is 0.243 e. The van der Waals surface area contributed by atoms with E-state index in [0.717, 1.165) is 0 Å². The summed E-state index contributed by atoms with van der Waals surface area (Å²) in [4.78, 5) is 2.23. The number of halogens is 2. The van der Waals surface area contributed by atoms with E-state index in [9.17, 15) is 8.42 Å². The molecule has 2 aromatic carbocycles. The van der Waals surface area contributed by atoms with E-state index in [4.69, 9.17) is 33.2 Å². The van der Waals surface area contributed by atoms with Crippen LogP contribution in [0.2, 0.25) is 10.0 Å². The van der Waals surface area contributed by atoms with Gasteiger partial charge in [-0.05, 0) is 30.3 Å². The van der Waals surface area contributed by atoms with Gasteiger partial charge >= 0.3 is 0 Å².